The van der Waals surface area contributed by atoms with E-state index >= 15 is 0 Å². The molecule has 1 unspecified atom stereocenters. The number of carbonyl (C=O) groups is 1. The predicted molar refractivity (Wildman–Crippen MR) is 88.6 cm³/mol. The van der Waals surface area contributed by atoms with Gasteiger partial charge in [-0.2, -0.15) is 0 Å². The Labute approximate surface area is 132 Å². The minimum atomic E-state index is -0.0368. The first-order valence-corrected chi connectivity index (χ1v) is 8.00. The van der Waals surface area contributed by atoms with Gasteiger partial charge >= 0.3 is 6.03 Å². The van der Waals surface area contributed by atoms with E-state index in [0.717, 1.165) is 15.7 Å². The van der Waals surface area contributed by atoms with E-state index in [9.17, 15) is 4.79 Å². The van der Waals surface area contributed by atoms with Gasteiger partial charge in [-0.15, -0.1) is 11.3 Å². The summed E-state index contributed by atoms with van der Waals surface area (Å²) in [6.07, 6.45) is 0. The van der Waals surface area contributed by atoms with Gasteiger partial charge in [0.1, 0.15) is 0 Å². The molecule has 21 heavy (non-hydrogen) atoms. The lowest BCUT2D eigenvalue weighted by Crippen LogP contribution is -2.27. The number of halogens is 1. The SMILES string of the molecule is CC(Nc1cccc(N2CCNC2=O)c1)c1ccc(Cl)s1. The zero-order valence-electron chi connectivity index (χ0n) is 11.6. The summed E-state index contributed by atoms with van der Waals surface area (Å²) < 4.78 is 0.793. The highest BCUT2D eigenvalue weighted by Gasteiger charge is 2.21. The van der Waals surface area contributed by atoms with Crippen molar-refractivity contribution < 1.29 is 4.79 Å². The van der Waals surface area contributed by atoms with E-state index in [0.29, 0.717) is 13.1 Å². The first-order chi connectivity index (χ1) is 10.1. The quantitative estimate of drug-likeness (QED) is 0.890. The van der Waals surface area contributed by atoms with Crippen LogP contribution in [0.3, 0.4) is 0 Å². The molecule has 2 aromatic rings. The molecule has 0 saturated carbocycles. The van der Waals surface area contributed by atoms with Crippen LogP contribution in [0.1, 0.15) is 17.8 Å². The fourth-order valence-corrected chi connectivity index (χ4v) is 3.43. The highest BCUT2D eigenvalue weighted by molar-refractivity contribution is 7.16. The summed E-state index contributed by atoms with van der Waals surface area (Å²) in [4.78, 5) is 14.6. The van der Waals surface area contributed by atoms with Crippen molar-refractivity contribution in [3.05, 3.63) is 45.6 Å². The van der Waals surface area contributed by atoms with Gasteiger partial charge in [-0.25, -0.2) is 4.79 Å². The minimum Gasteiger partial charge on any atom is -0.378 e. The van der Waals surface area contributed by atoms with E-state index in [1.807, 2.05) is 36.4 Å². The molecular weight excluding hydrogens is 306 g/mol. The van der Waals surface area contributed by atoms with Crippen LogP contribution >= 0.6 is 22.9 Å². The minimum absolute atomic E-state index is 0.0368. The molecule has 0 bridgehead atoms. The Kier molecular flexibility index (Phi) is 4.03. The molecule has 3 rings (SSSR count). The molecule has 1 atom stereocenters. The topological polar surface area (TPSA) is 44.4 Å². The summed E-state index contributed by atoms with van der Waals surface area (Å²) in [6.45, 7) is 3.50. The number of nitrogens with zero attached hydrogens (tertiary/aromatic N) is 1. The number of amides is 2. The number of anilines is 2. The van der Waals surface area contributed by atoms with Gasteiger partial charge in [-0.3, -0.25) is 4.90 Å². The van der Waals surface area contributed by atoms with Crippen molar-refractivity contribution in [1.82, 2.24) is 5.32 Å². The normalized spacial score (nSPS) is 15.9. The van der Waals surface area contributed by atoms with Crippen molar-refractivity contribution >= 4 is 40.3 Å². The molecule has 1 aromatic carbocycles. The van der Waals surface area contributed by atoms with Gasteiger partial charge in [-0.1, -0.05) is 17.7 Å². The van der Waals surface area contributed by atoms with Gasteiger partial charge in [0.15, 0.2) is 0 Å². The van der Waals surface area contributed by atoms with Crippen LogP contribution in [-0.4, -0.2) is 19.1 Å². The Morgan fingerprint density at radius 2 is 2.24 bits per heavy atom. The second kappa shape index (κ2) is 5.95. The number of carbonyl (C=O) groups excluding carboxylic acids is 1. The Morgan fingerprint density at radius 1 is 1.38 bits per heavy atom. The van der Waals surface area contributed by atoms with Gasteiger partial charge in [0.2, 0.25) is 0 Å². The molecule has 1 fully saturated rings. The molecule has 0 spiro atoms. The number of nitrogens with one attached hydrogen (secondary N) is 2. The number of hydrogen-bond donors (Lipinski definition) is 2. The lowest BCUT2D eigenvalue weighted by molar-refractivity contribution is 0.252. The van der Waals surface area contributed by atoms with Crippen LogP contribution in [0.2, 0.25) is 4.34 Å². The van der Waals surface area contributed by atoms with Crippen molar-refractivity contribution in [2.45, 2.75) is 13.0 Å². The number of thiophene rings is 1. The highest BCUT2D eigenvalue weighted by atomic mass is 35.5. The molecule has 0 aliphatic carbocycles. The van der Waals surface area contributed by atoms with Crippen molar-refractivity contribution in [3.8, 4) is 0 Å². The number of rotatable bonds is 4. The Hall–Kier alpha value is -1.72. The monoisotopic (exact) mass is 321 g/mol. The van der Waals surface area contributed by atoms with Crippen LogP contribution in [0, 0.1) is 0 Å². The average molecular weight is 322 g/mol. The summed E-state index contributed by atoms with van der Waals surface area (Å²) in [5, 5.41) is 6.25. The smallest absolute Gasteiger partial charge is 0.321 e. The Balaban J connectivity index is 1.75. The number of urea groups is 1. The van der Waals surface area contributed by atoms with E-state index in [4.69, 9.17) is 11.6 Å². The maximum atomic E-state index is 11.7. The van der Waals surface area contributed by atoms with Crippen LogP contribution in [0.4, 0.5) is 16.2 Å². The van der Waals surface area contributed by atoms with Crippen molar-refractivity contribution in [1.29, 1.82) is 0 Å². The van der Waals surface area contributed by atoms with E-state index in [-0.39, 0.29) is 12.1 Å². The van der Waals surface area contributed by atoms with Crippen LogP contribution in [0.5, 0.6) is 0 Å². The highest BCUT2D eigenvalue weighted by Crippen LogP contribution is 2.30. The van der Waals surface area contributed by atoms with Gasteiger partial charge in [0.25, 0.3) is 0 Å². The molecule has 1 aliphatic rings. The first-order valence-electron chi connectivity index (χ1n) is 6.81. The fourth-order valence-electron chi connectivity index (χ4n) is 2.36. The molecule has 1 aromatic heterocycles. The summed E-state index contributed by atoms with van der Waals surface area (Å²) in [5.41, 5.74) is 1.90. The largest absolute Gasteiger partial charge is 0.378 e. The number of hydrogen-bond acceptors (Lipinski definition) is 3. The molecule has 2 heterocycles. The molecule has 2 amide bonds. The maximum absolute atomic E-state index is 11.7. The third-order valence-electron chi connectivity index (χ3n) is 3.42. The molecule has 1 saturated heterocycles. The summed E-state index contributed by atoms with van der Waals surface area (Å²) in [5.74, 6) is 0. The summed E-state index contributed by atoms with van der Waals surface area (Å²) in [6, 6.07) is 12.0. The standard InChI is InChI=1S/C15H16ClN3OS/c1-10(13-5-6-14(16)21-13)18-11-3-2-4-12(9-11)19-8-7-17-15(19)20/h2-6,9-10,18H,7-8H2,1H3,(H,17,20). The molecule has 0 radical (unpaired) electrons. The van der Waals surface area contributed by atoms with Crippen molar-refractivity contribution in [2.24, 2.45) is 0 Å². The predicted octanol–water partition coefficient (Wildman–Crippen LogP) is 4.10. The van der Waals surface area contributed by atoms with E-state index in [1.165, 1.54) is 4.88 Å². The summed E-state index contributed by atoms with van der Waals surface area (Å²) >= 11 is 7.55. The van der Waals surface area contributed by atoms with Gasteiger partial charge in [0, 0.05) is 29.3 Å². The molecule has 1 aliphatic heterocycles. The van der Waals surface area contributed by atoms with E-state index in [1.54, 1.807) is 16.2 Å². The maximum Gasteiger partial charge on any atom is 0.321 e. The molecule has 110 valence electrons. The Bertz CT molecular complexity index is 658. The van der Waals surface area contributed by atoms with Crippen LogP contribution in [0.25, 0.3) is 0 Å². The van der Waals surface area contributed by atoms with Crippen molar-refractivity contribution in [2.75, 3.05) is 23.3 Å². The molecular formula is C15H16ClN3OS. The molecule has 4 nitrogen and oxygen atoms in total. The van der Waals surface area contributed by atoms with E-state index in [2.05, 4.69) is 17.6 Å². The van der Waals surface area contributed by atoms with Gasteiger partial charge in [0.05, 0.1) is 10.4 Å². The third-order valence-corrected chi connectivity index (χ3v) is 4.83. The first kappa shape index (κ1) is 14.2. The molecule has 2 N–H and O–H groups in total. The molecule has 6 heteroatoms. The average Bonchev–Trinajstić information content (AvgIpc) is 3.08. The lowest BCUT2D eigenvalue weighted by atomic mass is 10.2. The van der Waals surface area contributed by atoms with Crippen LogP contribution in [-0.2, 0) is 0 Å². The van der Waals surface area contributed by atoms with E-state index < -0.39 is 0 Å². The van der Waals surface area contributed by atoms with Crippen molar-refractivity contribution in [3.63, 3.8) is 0 Å². The van der Waals surface area contributed by atoms with Gasteiger partial charge < -0.3 is 10.6 Å². The van der Waals surface area contributed by atoms with Crippen LogP contribution < -0.4 is 15.5 Å². The second-order valence-corrected chi connectivity index (χ2v) is 6.69. The van der Waals surface area contributed by atoms with Gasteiger partial charge in [-0.05, 0) is 37.3 Å². The number of benzene rings is 1. The lowest BCUT2D eigenvalue weighted by Gasteiger charge is -2.18. The van der Waals surface area contributed by atoms with Crippen LogP contribution in [0.15, 0.2) is 36.4 Å². The zero-order valence-corrected chi connectivity index (χ0v) is 13.2. The Morgan fingerprint density at radius 3 is 2.90 bits per heavy atom. The summed E-state index contributed by atoms with van der Waals surface area (Å²) in [7, 11) is 0. The third kappa shape index (κ3) is 3.14. The fraction of sp³-hybridized carbons (Fsp3) is 0.267. The zero-order chi connectivity index (χ0) is 14.8. The second-order valence-electron chi connectivity index (χ2n) is 4.94.